The van der Waals surface area contributed by atoms with Crippen molar-refractivity contribution < 1.29 is 28.6 Å². The highest BCUT2D eigenvalue weighted by molar-refractivity contribution is 6.07. The number of rotatable bonds is 9. The molecule has 0 fully saturated rings. The number of hydrogen-bond acceptors (Lipinski definition) is 6. The summed E-state index contributed by atoms with van der Waals surface area (Å²) in [6.45, 7) is 18.3. The number of hydrogen-bond donors (Lipinski definition) is 0. The average Bonchev–Trinajstić information content (AvgIpc) is 2.78. The lowest BCUT2D eigenvalue weighted by atomic mass is 9.97. The molecule has 0 amide bonds. The van der Waals surface area contributed by atoms with Crippen LogP contribution in [0.5, 0.6) is 17.2 Å². The van der Waals surface area contributed by atoms with Gasteiger partial charge in [0.25, 0.3) is 0 Å². The Kier molecular flexibility index (Phi) is 9.62. The topological polar surface area (TPSA) is 78.9 Å². The third-order valence-electron chi connectivity index (χ3n) is 5.11. The van der Waals surface area contributed by atoms with E-state index in [2.05, 4.69) is 6.58 Å². The molecule has 2 aromatic rings. The van der Waals surface area contributed by atoms with Crippen molar-refractivity contribution in [3.63, 3.8) is 0 Å². The average molecular weight is 507 g/mol. The molecule has 6 nitrogen and oxygen atoms in total. The summed E-state index contributed by atoms with van der Waals surface area (Å²) in [5.41, 5.74) is 0.569. The van der Waals surface area contributed by atoms with Crippen molar-refractivity contribution in [2.24, 2.45) is 10.8 Å². The maximum Gasteiger partial charge on any atom is 0.316 e. The summed E-state index contributed by atoms with van der Waals surface area (Å²) in [6.07, 6.45) is 5.19. The third-order valence-corrected chi connectivity index (χ3v) is 5.11. The molecular formula is C31H38O6. The lowest BCUT2D eigenvalue weighted by Gasteiger charge is -2.20. The van der Waals surface area contributed by atoms with Crippen LogP contribution in [0.1, 0.15) is 76.9 Å². The van der Waals surface area contributed by atoms with Gasteiger partial charge in [0.05, 0.1) is 16.9 Å². The summed E-state index contributed by atoms with van der Waals surface area (Å²) >= 11 is 0. The molecule has 0 heterocycles. The molecule has 2 rings (SSSR count). The maximum absolute atomic E-state index is 12.9. The third kappa shape index (κ3) is 8.74. The summed E-state index contributed by atoms with van der Waals surface area (Å²) in [5, 5.41) is 0. The van der Waals surface area contributed by atoms with Crippen LogP contribution in [0.4, 0.5) is 0 Å². The van der Waals surface area contributed by atoms with Gasteiger partial charge in [0.1, 0.15) is 17.2 Å². The van der Waals surface area contributed by atoms with Crippen LogP contribution in [0.3, 0.4) is 0 Å². The Morgan fingerprint density at radius 3 is 1.95 bits per heavy atom. The number of carbonyl (C=O) groups is 3. The molecular weight excluding hydrogens is 468 g/mol. The van der Waals surface area contributed by atoms with Gasteiger partial charge in [-0.25, -0.2) is 0 Å². The molecule has 37 heavy (non-hydrogen) atoms. The second kappa shape index (κ2) is 12.0. The Morgan fingerprint density at radius 1 is 0.865 bits per heavy atom. The zero-order chi connectivity index (χ0) is 28.0. The molecule has 0 saturated carbocycles. The fraction of sp³-hybridized carbons (Fsp3) is 0.387. The van der Waals surface area contributed by atoms with Gasteiger partial charge in [0.15, 0.2) is 5.78 Å². The van der Waals surface area contributed by atoms with Crippen molar-refractivity contribution in [1.82, 2.24) is 0 Å². The first-order chi connectivity index (χ1) is 17.1. The van der Waals surface area contributed by atoms with Crippen LogP contribution in [0.15, 0.2) is 55.1 Å². The van der Waals surface area contributed by atoms with Crippen LogP contribution in [0, 0.1) is 10.8 Å². The monoisotopic (exact) mass is 506 g/mol. The van der Waals surface area contributed by atoms with E-state index < -0.39 is 10.8 Å². The number of esters is 2. The SMILES string of the molecule is C=CCc1cc(/C=C/C(=O)c2ccc(OC(=O)C(C)(C)C)cc2)c(OC(C)C)cc1OC(=O)C(C)(C)C. The van der Waals surface area contributed by atoms with Crippen molar-refractivity contribution in [2.45, 2.75) is 67.9 Å². The Labute approximate surface area is 220 Å². The predicted octanol–water partition coefficient (Wildman–Crippen LogP) is 7.00. The van der Waals surface area contributed by atoms with E-state index in [-0.39, 0.29) is 23.8 Å². The second-order valence-corrected chi connectivity index (χ2v) is 11.2. The van der Waals surface area contributed by atoms with Crippen molar-refractivity contribution in [3.8, 4) is 17.2 Å². The summed E-state index contributed by atoms with van der Waals surface area (Å²) in [7, 11) is 0. The molecule has 0 aromatic heterocycles. The van der Waals surface area contributed by atoms with E-state index in [0.29, 0.717) is 34.8 Å². The molecule has 6 heteroatoms. The Hall–Kier alpha value is -3.67. The number of ether oxygens (including phenoxy) is 3. The number of carbonyl (C=O) groups excluding carboxylic acids is 3. The fourth-order valence-corrected chi connectivity index (χ4v) is 2.98. The van der Waals surface area contributed by atoms with E-state index in [1.54, 1.807) is 84.0 Å². The van der Waals surface area contributed by atoms with Gasteiger partial charge >= 0.3 is 11.9 Å². The van der Waals surface area contributed by atoms with Gasteiger partial charge < -0.3 is 14.2 Å². The largest absolute Gasteiger partial charge is 0.490 e. The fourth-order valence-electron chi connectivity index (χ4n) is 2.98. The van der Waals surface area contributed by atoms with Gasteiger partial charge in [0, 0.05) is 17.2 Å². The van der Waals surface area contributed by atoms with Crippen LogP contribution in [-0.4, -0.2) is 23.8 Å². The van der Waals surface area contributed by atoms with Crippen molar-refractivity contribution in [3.05, 3.63) is 71.8 Å². The molecule has 2 aromatic carbocycles. The highest BCUT2D eigenvalue weighted by Crippen LogP contribution is 2.33. The van der Waals surface area contributed by atoms with Gasteiger partial charge in [-0.3, -0.25) is 14.4 Å². The van der Waals surface area contributed by atoms with Crippen molar-refractivity contribution >= 4 is 23.8 Å². The Bertz CT molecular complexity index is 1170. The predicted molar refractivity (Wildman–Crippen MR) is 146 cm³/mol. The van der Waals surface area contributed by atoms with Crippen molar-refractivity contribution in [2.75, 3.05) is 0 Å². The van der Waals surface area contributed by atoms with E-state index in [0.717, 1.165) is 5.56 Å². The maximum atomic E-state index is 12.9. The molecule has 0 aliphatic carbocycles. The van der Waals surface area contributed by atoms with Crippen LogP contribution < -0.4 is 14.2 Å². The number of ketones is 1. The summed E-state index contributed by atoms with van der Waals surface area (Å²) in [6, 6.07) is 9.94. The van der Waals surface area contributed by atoms with Gasteiger partial charge in [-0.05, 0) is 110 Å². The molecule has 198 valence electrons. The molecule has 0 atom stereocenters. The van der Waals surface area contributed by atoms with E-state index in [1.165, 1.54) is 6.08 Å². The molecule has 0 unspecified atom stereocenters. The van der Waals surface area contributed by atoms with Gasteiger partial charge in [0.2, 0.25) is 0 Å². The zero-order valence-corrected chi connectivity index (χ0v) is 23.1. The summed E-state index contributed by atoms with van der Waals surface area (Å²) in [4.78, 5) is 37.5. The standard InChI is InChI=1S/C31H38O6/c1-10-11-22-18-23(26(35-20(2)3)19-27(22)37-29(34)31(7,8)9)14-17-25(32)21-12-15-24(16-13-21)36-28(33)30(4,5)6/h10,12-20H,1,11H2,2-9H3/b17-14+. The van der Waals surface area contributed by atoms with Crippen LogP contribution in [0.25, 0.3) is 6.08 Å². The summed E-state index contributed by atoms with van der Waals surface area (Å²) in [5.74, 6) is 0.340. The molecule has 0 radical (unpaired) electrons. The first kappa shape index (κ1) is 29.6. The van der Waals surface area contributed by atoms with Gasteiger partial charge in [-0.2, -0.15) is 0 Å². The molecule has 0 spiro atoms. The summed E-state index contributed by atoms with van der Waals surface area (Å²) < 4.78 is 17.0. The first-order valence-electron chi connectivity index (χ1n) is 12.3. The highest BCUT2D eigenvalue weighted by Gasteiger charge is 2.26. The molecule has 0 aliphatic heterocycles. The number of benzene rings is 2. The second-order valence-electron chi connectivity index (χ2n) is 11.2. The minimum atomic E-state index is -0.671. The minimum Gasteiger partial charge on any atom is -0.490 e. The van der Waals surface area contributed by atoms with E-state index in [4.69, 9.17) is 14.2 Å². The molecule has 0 aliphatic rings. The van der Waals surface area contributed by atoms with Crippen LogP contribution in [0.2, 0.25) is 0 Å². The van der Waals surface area contributed by atoms with Crippen LogP contribution >= 0.6 is 0 Å². The first-order valence-corrected chi connectivity index (χ1v) is 12.3. The van der Waals surface area contributed by atoms with Gasteiger partial charge in [-0.1, -0.05) is 6.08 Å². The molecule has 0 saturated heterocycles. The van der Waals surface area contributed by atoms with E-state index >= 15 is 0 Å². The van der Waals surface area contributed by atoms with E-state index in [9.17, 15) is 14.4 Å². The molecule has 0 bridgehead atoms. The van der Waals surface area contributed by atoms with E-state index in [1.807, 2.05) is 19.9 Å². The number of allylic oxidation sites excluding steroid dienone is 2. The van der Waals surface area contributed by atoms with Gasteiger partial charge in [-0.15, -0.1) is 6.58 Å². The van der Waals surface area contributed by atoms with Crippen LogP contribution in [-0.2, 0) is 16.0 Å². The quantitative estimate of drug-likeness (QED) is 0.120. The Balaban J connectivity index is 2.35. The normalized spacial score (nSPS) is 11.9. The minimum absolute atomic E-state index is 0.136. The zero-order valence-electron chi connectivity index (χ0n) is 23.1. The highest BCUT2D eigenvalue weighted by atomic mass is 16.5. The smallest absolute Gasteiger partial charge is 0.316 e. The Morgan fingerprint density at radius 2 is 1.43 bits per heavy atom. The lowest BCUT2D eigenvalue weighted by molar-refractivity contribution is -0.143. The lowest BCUT2D eigenvalue weighted by Crippen LogP contribution is -2.26. The molecule has 0 N–H and O–H groups in total. The van der Waals surface area contributed by atoms with Crippen molar-refractivity contribution in [1.29, 1.82) is 0 Å².